The van der Waals surface area contributed by atoms with E-state index in [1.165, 1.54) is 37.0 Å². The van der Waals surface area contributed by atoms with Gasteiger partial charge in [-0.15, -0.1) is 11.6 Å². The molecular formula is C17H24ClN3. The first-order valence-electron chi connectivity index (χ1n) is 7.72. The Morgan fingerprint density at radius 3 is 2.67 bits per heavy atom. The van der Waals surface area contributed by atoms with Crippen LogP contribution in [0.3, 0.4) is 0 Å². The van der Waals surface area contributed by atoms with Crippen LogP contribution in [0.4, 0.5) is 0 Å². The third kappa shape index (κ3) is 2.82. The van der Waals surface area contributed by atoms with Crippen LogP contribution < -0.4 is 0 Å². The van der Waals surface area contributed by atoms with Crippen molar-refractivity contribution in [3.63, 3.8) is 0 Å². The molecular weight excluding hydrogens is 282 g/mol. The van der Waals surface area contributed by atoms with E-state index in [0.717, 1.165) is 17.9 Å². The number of imidazole rings is 1. The van der Waals surface area contributed by atoms with E-state index in [0.29, 0.717) is 11.3 Å². The lowest BCUT2D eigenvalue weighted by Crippen LogP contribution is -2.38. The Hall–Kier alpha value is -1.06. The summed E-state index contributed by atoms with van der Waals surface area (Å²) in [5.41, 5.74) is 3.95. The van der Waals surface area contributed by atoms with E-state index in [1.807, 2.05) is 0 Å². The number of nitrogens with zero attached hydrogens (tertiary/aromatic N) is 3. The summed E-state index contributed by atoms with van der Waals surface area (Å²) in [6.07, 6.45) is 2.47. The number of hydrogen-bond acceptors (Lipinski definition) is 2. The molecule has 0 radical (unpaired) electrons. The van der Waals surface area contributed by atoms with Crippen LogP contribution in [0.1, 0.15) is 31.2 Å². The summed E-state index contributed by atoms with van der Waals surface area (Å²) in [6, 6.07) is 6.33. The largest absolute Gasteiger partial charge is 0.326 e. The highest BCUT2D eigenvalue weighted by Gasteiger charge is 2.30. The van der Waals surface area contributed by atoms with Gasteiger partial charge in [0, 0.05) is 6.54 Å². The third-order valence-corrected chi connectivity index (χ3v) is 5.14. The van der Waals surface area contributed by atoms with Crippen molar-refractivity contribution in [3.05, 3.63) is 29.6 Å². The first-order valence-corrected chi connectivity index (χ1v) is 8.25. The van der Waals surface area contributed by atoms with Crippen LogP contribution in [0.25, 0.3) is 11.0 Å². The standard InChI is InChI=1S/C17H24ClN3/c1-13-5-4-6-14-16(13)21(15(11-18)19-14)12-17(2)7-9-20(3)10-8-17/h4-6H,7-12H2,1-3H3. The van der Waals surface area contributed by atoms with Crippen molar-refractivity contribution in [1.82, 2.24) is 14.5 Å². The number of para-hydroxylation sites is 1. The van der Waals surface area contributed by atoms with Crippen molar-refractivity contribution in [1.29, 1.82) is 0 Å². The number of alkyl halides is 1. The predicted molar refractivity (Wildman–Crippen MR) is 88.9 cm³/mol. The molecule has 0 bridgehead atoms. The molecule has 114 valence electrons. The molecule has 2 aromatic rings. The van der Waals surface area contributed by atoms with Crippen molar-refractivity contribution in [3.8, 4) is 0 Å². The minimum absolute atomic E-state index is 0.337. The van der Waals surface area contributed by atoms with Gasteiger partial charge in [0.1, 0.15) is 5.82 Å². The van der Waals surface area contributed by atoms with Crippen LogP contribution in [-0.2, 0) is 12.4 Å². The molecule has 2 heterocycles. The Labute approximate surface area is 131 Å². The Morgan fingerprint density at radius 2 is 2.00 bits per heavy atom. The maximum absolute atomic E-state index is 6.15. The fourth-order valence-electron chi connectivity index (χ4n) is 3.38. The average molecular weight is 306 g/mol. The van der Waals surface area contributed by atoms with E-state index in [4.69, 9.17) is 16.6 Å². The second-order valence-corrected chi connectivity index (χ2v) is 7.07. The molecule has 1 saturated heterocycles. The first kappa shape index (κ1) is 14.9. The first-order chi connectivity index (χ1) is 10.0. The average Bonchev–Trinajstić information content (AvgIpc) is 2.81. The molecule has 1 fully saturated rings. The second-order valence-electron chi connectivity index (χ2n) is 6.80. The molecule has 3 nitrogen and oxygen atoms in total. The summed E-state index contributed by atoms with van der Waals surface area (Å²) in [6.45, 7) is 7.94. The number of halogens is 1. The van der Waals surface area contributed by atoms with Gasteiger partial charge in [0.05, 0.1) is 16.9 Å². The molecule has 0 aliphatic carbocycles. The zero-order valence-electron chi connectivity index (χ0n) is 13.2. The lowest BCUT2D eigenvalue weighted by atomic mass is 9.80. The molecule has 1 aromatic carbocycles. The highest BCUT2D eigenvalue weighted by Crippen LogP contribution is 2.34. The van der Waals surface area contributed by atoms with E-state index in [2.05, 4.69) is 48.6 Å². The molecule has 4 heteroatoms. The Morgan fingerprint density at radius 1 is 1.29 bits per heavy atom. The summed E-state index contributed by atoms with van der Waals surface area (Å²) in [5, 5.41) is 0. The van der Waals surface area contributed by atoms with Crippen LogP contribution in [0.2, 0.25) is 0 Å². The van der Waals surface area contributed by atoms with Crippen molar-refractivity contribution < 1.29 is 0 Å². The van der Waals surface area contributed by atoms with Gasteiger partial charge in [-0.05, 0) is 56.9 Å². The second kappa shape index (κ2) is 5.62. The van der Waals surface area contributed by atoms with Crippen LogP contribution in [0.5, 0.6) is 0 Å². The molecule has 21 heavy (non-hydrogen) atoms. The molecule has 1 aliphatic rings. The molecule has 1 aromatic heterocycles. The third-order valence-electron chi connectivity index (χ3n) is 4.90. The van der Waals surface area contributed by atoms with Gasteiger partial charge in [0.15, 0.2) is 0 Å². The smallest absolute Gasteiger partial charge is 0.124 e. The summed E-state index contributed by atoms with van der Waals surface area (Å²) in [4.78, 5) is 7.14. The van der Waals surface area contributed by atoms with Gasteiger partial charge in [-0.25, -0.2) is 4.98 Å². The van der Waals surface area contributed by atoms with Crippen LogP contribution in [0, 0.1) is 12.3 Å². The number of likely N-dealkylation sites (tertiary alicyclic amines) is 1. The van der Waals surface area contributed by atoms with Crippen molar-refractivity contribution in [2.45, 2.75) is 39.1 Å². The number of aryl methyl sites for hydroxylation is 1. The minimum Gasteiger partial charge on any atom is -0.326 e. The van der Waals surface area contributed by atoms with E-state index in [9.17, 15) is 0 Å². The minimum atomic E-state index is 0.337. The lowest BCUT2D eigenvalue weighted by Gasteiger charge is -2.38. The van der Waals surface area contributed by atoms with Gasteiger partial charge in [-0.2, -0.15) is 0 Å². The molecule has 3 rings (SSSR count). The van der Waals surface area contributed by atoms with Crippen molar-refractivity contribution in [2.75, 3.05) is 20.1 Å². The zero-order valence-corrected chi connectivity index (χ0v) is 14.0. The van der Waals surface area contributed by atoms with E-state index in [1.54, 1.807) is 0 Å². The van der Waals surface area contributed by atoms with Crippen molar-refractivity contribution >= 4 is 22.6 Å². The van der Waals surface area contributed by atoms with Gasteiger partial charge in [0.25, 0.3) is 0 Å². The van der Waals surface area contributed by atoms with E-state index in [-0.39, 0.29) is 0 Å². The van der Waals surface area contributed by atoms with Crippen LogP contribution in [0.15, 0.2) is 18.2 Å². The van der Waals surface area contributed by atoms with E-state index >= 15 is 0 Å². The maximum atomic E-state index is 6.15. The highest BCUT2D eigenvalue weighted by atomic mass is 35.5. The van der Waals surface area contributed by atoms with Gasteiger partial charge in [-0.1, -0.05) is 19.1 Å². The monoisotopic (exact) mass is 305 g/mol. The number of hydrogen-bond donors (Lipinski definition) is 0. The molecule has 0 atom stereocenters. The topological polar surface area (TPSA) is 21.1 Å². The molecule has 0 saturated carbocycles. The Bertz CT molecular complexity index is 639. The summed E-state index contributed by atoms with van der Waals surface area (Å²) < 4.78 is 2.36. The predicted octanol–water partition coefficient (Wildman–Crippen LogP) is 3.82. The number of aromatic nitrogens is 2. The number of rotatable bonds is 3. The fraction of sp³-hybridized carbons (Fsp3) is 0.588. The van der Waals surface area contributed by atoms with Crippen molar-refractivity contribution in [2.24, 2.45) is 5.41 Å². The fourth-order valence-corrected chi connectivity index (χ4v) is 3.59. The van der Waals surface area contributed by atoms with Gasteiger partial charge in [-0.3, -0.25) is 0 Å². The summed E-state index contributed by atoms with van der Waals surface area (Å²) in [5.74, 6) is 1.48. The number of piperidine rings is 1. The molecule has 0 N–H and O–H groups in total. The highest BCUT2D eigenvalue weighted by molar-refractivity contribution is 6.16. The number of benzene rings is 1. The van der Waals surface area contributed by atoms with E-state index < -0.39 is 0 Å². The van der Waals surface area contributed by atoms with Crippen LogP contribution >= 0.6 is 11.6 Å². The molecule has 0 unspecified atom stereocenters. The summed E-state index contributed by atoms with van der Waals surface area (Å²) >= 11 is 6.15. The normalized spacial score (nSPS) is 19.2. The number of fused-ring (bicyclic) bond motifs is 1. The zero-order chi connectivity index (χ0) is 15.0. The molecule has 1 aliphatic heterocycles. The Balaban J connectivity index is 1.99. The molecule has 0 spiro atoms. The van der Waals surface area contributed by atoms with Gasteiger partial charge in [0.2, 0.25) is 0 Å². The quantitative estimate of drug-likeness (QED) is 0.804. The maximum Gasteiger partial charge on any atom is 0.124 e. The van der Waals surface area contributed by atoms with Gasteiger partial charge >= 0.3 is 0 Å². The van der Waals surface area contributed by atoms with Gasteiger partial charge < -0.3 is 9.47 Å². The Kier molecular flexibility index (Phi) is 3.98. The SMILES string of the molecule is Cc1cccc2nc(CCl)n(CC3(C)CCN(C)CC3)c12. The molecule has 0 amide bonds. The van der Waals surface area contributed by atoms with Crippen LogP contribution in [-0.4, -0.2) is 34.6 Å². The summed E-state index contributed by atoms with van der Waals surface area (Å²) in [7, 11) is 2.21. The lowest BCUT2D eigenvalue weighted by molar-refractivity contribution is 0.121.